The van der Waals surface area contributed by atoms with Crippen molar-refractivity contribution in [1.82, 2.24) is 15.0 Å². The summed E-state index contributed by atoms with van der Waals surface area (Å²) >= 11 is 0. The largest absolute Gasteiger partial charge is 0.394 e. The highest BCUT2D eigenvalue weighted by Crippen LogP contribution is 2.29. The first kappa shape index (κ1) is 21.1. The fourth-order valence-electron chi connectivity index (χ4n) is 2.90. The second kappa shape index (κ2) is 9.27. The number of aliphatic hydroxyl groups excluding tert-OH is 1. The van der Waals surface area contributed by atoms with Gasteiger partial charge in [-0.05, 0) is 31.0 Å². The van der Waals surface area contributed by atoms with Gasteiger partial charge in [-0.1, -0.05) is 26.0 Å². The minimum Gasteiger partial charge on any atom is -0.394 e. The molecule has 3 N–H and O–H groups in total. The maximum atomic E-state index is 11.2. The highest BCUT2D eigenvalue weighted by molar-refractivity contribution is 5.69. The van der Waals surface area contributed by atoms with Crippen molar-refractivity contribution in [2.45, 2.75) is 26.8 Å². The van der Waals surface area contributed by atoms with Crippen LogP contribution >= 0.6 is 0 Å². The molecule has 0 amide bonds. The molecule has 0 saturated carbocycles. The molecule has 0 saturated heterocycles. The highest BCUT2D eigenvalue weighted by Gasteiger charge is 2.17. The molecule has 2 heterocycles. The van der Waals surface area contributed by atoms with E-state index < -0.39 is 4.92 Å². The van der Waals surface area contributed by atoms with E-state index >= 15 is 0 Å². The van der Waals surface area contributed by atoms with Crippen LogP contribution < -0.4 is 10.6 Å². The van der Waals surface area contributed by atoms with E-state index in [2.05, 4.69) is 25.6 Å². The molecule has 30 heavy (non-hydrogen) atoms. The third-order valence-corrected chi connectivity index (χ3v) is 4.73. The van der Waals surface area contributed by atoms with Gasteiger partial charge in [0, 0.05) is 24.0 Å². The van der Waals surface area contributed by atoms with Crippen molar-refractivity contribution in [1.29, 1.82) is 0 Å². The summed E-state index contributed by atoms with van der Waals surface area (Å²) in [6.45, 7) is 5.59. The molecule has 0 aliphatic heterocycles. The van der Waals surface area contributed by atoms with Gasteiger partial charge in [0.2, 0.25) is 5.95 Å². The van der Waals surface area contributed by atoms with Crippen LogP contribution in [0.5, 0.6) is 0 Å². The Balaban J connectivity index is 2.02. The van der Waals surface area contributed by atoms with Gasteiger partial charge in [-0.2, -0.15) is 4.98 Å². The van der Waals surface area contributed by atoms with Crippen LogP contribution in [0.1, 0.15) is 19.4 Å². The number of rotatable bonds is 8. The average Bonchev–Trinajstić information content (AvgIpc) is 2.73. The van der Waals surface area contributed by atoms with E-state index in [4.69, 9.17) is 0 Å². The smallest absolute Gasteiger partial charge is 0.274 e. The number of nitro benzene ring substituents is 1. The molecule has 0 aliphatic rings. The molecule has 0 aliphatic carbocycles. The first-order valence-electron chi connectivity index (χ1n) is 9.58. The number of benzene rings is 1. The van der Waals surface area contributed by atoms with Crippen LogP contribution in [0, 0.1) is 23.0 Å². The van der Waals surface area contributed by atoms with Crippen molar-refractivity contribution < 1.29 is 10.0 Å². The lowest BCUT2D eigenvalue weighted by Crippen LogP contribution is -2.30. The summed E-state index contributed by atoms with van der Waals surface area (Å²) in [5.41, 5.74) is 2.34. The van der Waals surface area contributed by atoms with Gasteiger partial charge in [0.1, 0.15) is 5.82 Å². The van der Waals surface area contributed by atoms with Gasteiger partial charge in [-0.25, -0.2) is 4.98 Å². The van der Waals surface area contributed by atoms with Crippen LogP contribution in [-0.4, -0.2) is 37.6 Å². The number of hydrogen-bond donors (Lipinski definition) is 3. The molecule has 9 heteroatoms. The van der Waals surface area contributed by atoms with Crippen molar-refractivity contribution in [3.05, 3.63) is 64.3 Å². The molecular weight excluding hydrogens is 384 g/mol. The average molecular weight is 408 g/mol. The number of aliphatic hydroxyl groups is 1. The molecule has 0 fully saturated rings. The Hall–Kier alpha value is -3.59. The topological polar surface area (TPSA) is 126 Å². The summed E-state index contributed by atoms with van der Waals surface area (Å²) in [5, 5.41) is 27.2. The third-order valence-electron chi connectivity index (χ3n) is 4.73. The van der Waals surface area contributed by atoms with Gasteiger partial charge >= 0.3 is 0 Å². The standard InChI is InChI=1S/C21H24N6O3/c1-13(2)18(12-28)25-21-24-17(16-7-4-5-10-22-16)11-20(26-21)23-15-8-6-9-19(14(15)3)27(29)30/h4-11,13,18,28H,12H2,1-3H3,(H2,23,24,25,26)/t18-/m0/s1. The van der Waals surface area contributed by atoms with Gasteiger partial charge in [-0.3, -0.25) is 15.1 Å². The minimum atomic E-state index is -0.415. The molecule has 9 nitrogen and oxygen atoms in total. The fraction of sp³-hybridized carbons (Fsp3) is 0.286. The maximum absolute atomic E-state index is 11.2. The van der Waals surface area contributed by atoms with E-state index in [1.807, 2.05) is 32.0 Å². The molecule has 3 aromatic rings. The zero-order valence-electron chi connectivity index (χ0n) is 17.0. The molecule has 1 atom stereocenters. The van der Waals surface area contributed by atoms with E-state index in [-0.39, 0.29) is 24.3 Å². The number of anilines is 3. The van der Waals surface area contributed by atoms with Crippen LogP contribution in [0.2, 0.25) is 0 Å². The number of aromatic nitrogens is 3. The number of nitro groups is 1. The van der Waals surface area contributed by atoms with E-state index in [9.17, 15) is 15.2 Å². The van der Waals surface area contributed by atoms with Crippen molar-refractivity contribution in [3.8, 4) is 11.4 Å². The van der Waals surface area contributed by atoms with Crippen LogP contribution in [0.15, 0.2) is 48.7 Å². The summed E-state index contributed by atoms with van der Waals surface area (Å²) in [7, 11) is 0. The maximum Gasteiger partial charge on any atom is 0.274 e. The first-order chi connectivity index (χ1) is 14.4. The summed E-state index contributed by atoms with van der Waals surface area (Å²) in [6.07, 6.45) is 1.67. The Morgan fingerprint density at radius 1 is 1.13 bits per heavy atom. The Morgan fingerprint density at radius 2 is 1.93 bits per heavy atom. The van der Waals surface area contributed by atoms with Gasteiger partial charge in [0.05, 0.1) is 34.5 Å². The van der Waals surface area contributed by atoms with Crippen molar-refractivity contribution in [3.63, 3.8) is 0 Å². The number of hydrogen-bond acceptors (Lipinski definition) is 8. The molecule has 0 unspecified atom stereocenters. The van der Waals surface area contributed by atoms with Crippen molar-refractivity contribution >= 4 is 23.1 Å². The Bertz CT molecular complexity index is 1030. The van der Waals surface area contributed by atoms with Gasteiger partial charge in [-0.15, -0.1) is 0 Å². The summed E-state index contributed by atoms with van der Waals surface area (Å²) in [5.74, 6) is 0.946. The zero-order valence-corrected chi connectivity index (χ0v) is 17.0. The van der Waals surface area contributed by atoms with Crippen LogP contribution in [-0.2, 0) is 0 Å². The SMILES string of the molecule is Cc1c(Nc2cc(-c3ccccn3)nc(N[C@@H](CO)C(C)C)n2)cccc1[N+](=O)[O-]. The van der Waals surface area contributed by atoms with Crippen molar-refractivity contribution in [2.24, 2.45) is 5.92 Å². The lowest BCUT2D eigenvalue weighted by atomic mass is 10.1. The molecule has 3 rings (SSSR count). The molecule has 2 aromatic heterocycles. The second-order valence-electron chi connectivity index (χ2n) is 7.19. The Kier molecular flexibility index (Phi) is 6.53. The van der Waals surface area contributed by atoms with Gasteiger partial charge in [0.25, 0.3) is 5.69 Å². The molecule has 156 valence electrons. The molecule has 0 radical (unpaired) electrons. The third kappa shape index (κ3) is 4.87. The lowest BCUT2D eigenvalue weighted by molar-refractivity contribution is -0.385. The summed E-state index contributed by atoms with van der Waals surface area (Å²) in [4.78, 5) is 24.2. The van der Waals surface area contributed by atoms with E-state index in [1.165, 1.54) is 6.07 Å². The summed E-state index contributed by atoms with van der Waals surface area (Å²) in [6, 6.07) is 11.8. The van der Waals surface area contributed by atoms with Crippen LogP contribution in [0.25, 0.3) is 11.4 Å². The predicted octanol–water partition coefficient (Wildman–Crippen LogP) is 3.93. The van der Waals surface area contributed by atoms with E-state index in [0.717, 1.165) is 0 Å². The quantitative estimate of drug-likeness (QED) is 0.378. The fourth-order valence-corrected chi connectivity index (χ4v) is 2.90. The van der Waals surface area contributed by atoms with Gasteiger partial charge < -0.3 is 15.7 Å². The van der Waals surface area contributed by atoms with Crippen molar-refractivity contribution in [2.75, 3.05) is 17.2 Å². The molecule has 1 aromatic carbocycles. The molecule has 0 bridgehead atoms. The van der Waals surface area contributed by atoms with E-state index in [0.29, 0.717) is 34.4 Å². The second-order valence-corrected chi connectivity index (χ2v) is 7.19. The Labute approximate surface area is 174 Å². The normalized spacial score (nSPS) is 11.9. The zero-order chi connectivity index (χ0) is 21.7. The first-order valence-corrected chi connectivity index (χ1v) is 9.58. The monoisotopic (exact) mass is 408 g/mol. The number of pyridine rings is 1. The van der Waals surface area contributed by atoms with E-state index in [1.54, 1.807) is 31.3 Å². The predicted molar refractivity (Wildman–Crippen MR) is 116 cm³/mol. The number of nitrogens with one attached hydrogen (secondary N) is 2. The number of nitrogens with zero attached hydrogens (tertiary/aromatic N) is 4. The molecule has 0 spiro atoms. The van der Waals surface area contributed by atoms with Crippen LogP contribution in [0.4, 0.5) is 23.1 Å². The van der Waals surface area contributed by atoms with Gasteiger partial charge in [0.15, 0.2) is 0 Å². The lowest BCUT2D eigenvalue weighted by Gasteiger charge is -2.20. The van der Waals surface area contributed by atoms with Crippen LogP contribution in [0.3, 0.4) is 0 Å². The highest BCUT2D eigenvalue weighted by atomic mass is 16.6. The molecular formula is C21H24N6O3. The minimum absolute atomic E-state index is 0.0255. The Morgan fingerprint density at radius 3 is 2.57 bits per heavy atom. The summed E-state index contributed by atoms with van der Waals surface area (Å²) < 4.78 is 0.